The number of aryl methyl sites for hydroxylation is 3. The van der Waals surface area contributed by atoms with Crippen molar-refractivity contribution in [2.75, 3.05) is 0 Å². The minimum absolute atomic E-state index is 0.674. The number of oxazole rings is 1. The van der Waals surface area contributed by atoms with Gasteiger partial charge in [-0.25, -0.2) is 4.98 Å². The van der Waals surface area contributed by atoms with Crippen molar-refractivity contribution in [3.8, 4) is 0 Å². The molecule has 0 aliphatic carbocycles. The van der Waals surface area contributed by atoms with Crippen molar-refractivity contribution in [2.45, 2.75) is 46.8 Å². The predicted octanol–water partition coefficient (Wildman–Crippen LogP) is 2.79. The van der Waals surface area contributed by atoms with Gasteiger partial charge in [-0.05, 0) is 31.9 Å². The highest BCUT2D eigenvalue weighted by molar-refractivity contribution is 5.10. The molecule has 1 N–H and O–H groups in total. The van der Waals surface area contributed by atoms with Gasteiger partial charge >= 0.3 is 0 Å². The molecule has 0 spiro atoms. The largest absolute Gasteiger partial charge is 0.444 e. The standard InChI is InChI=1S/C14H21N3O/c1-4-6-17-7-5-13(10-17)8-15-9-14-16-11(2)12(3)18-14/h5,7,10,15H,4,6,8-9H2,1-3H3. The Labute approximate surface area is 108 Å². The molecule has 0 unspecified atom stereocenters. The molecule has 2 heterocycles. The van der Waals surface area contributed by atoms with Gasteiger partial charge in [0.1, 0.15) is 5.76 Å². The topological polar surface area (TPSA) is 43.0 Å². The minimum Gasteiger partial charge on any atom is -0.444 e. The van der Waals surface area contributed by atoms with Crippen LogP contribution in [0.3, 0.4) is 0 Å². The van der Waals surface area contributed by atoms with E-state index in [0.29, 0.717) is 6.54 Å². The smallest absolute Gasteiger partial charge is 0.208 e. The third-order valence-electron chi connectivity index (χ3n) is 2.97. The van der Waals surface area contributed by atoms with E-state index in [1.807, 2.05) is 13.8 Å². The highest BCUT2D eigenvalue weighted by Gasteiger charge is 2.04. The summed E-state index contributed by atoms with van der Waals surface area (Å²) in [7, 11) is 0. The van der Waals surface area contributed by atoms with Crippen molar-refractivity contribution in [1.82, 2.24) is 14.9 Å². The molecule has 0 bridgehead atoms. The first kappa shape index (κ1) is 12.9. The lowest BCUT2D eigenvalue weighted by atomic mass is 10.3. The second kappa shape index (κ2) is 5.87. The fraction of sp³-hybridized carbons (Fsp3) is 0.500. The fourth-order valence-electron chi connectivity index (χ4n) is 1.92. The van der Waals surface area contributed by atoms with Gasteiger partial charge in [0.15, 0.2) is 0 Å². The average molecular weight is 247 g/mol. The van der Waals surface area contributed by atoms with Gasteiger partial charge in [-0.15, -0.1) is 0 Å². The molecule has 0 radical (unpaired) electrons. The summed E-state index contributed by atoms with van der Waals surface area (Å²) in [6.45, 7) is 8.69. The van der Waals surface area contributed by atoms with Crippen LogP contribution in [0.15, 0.2) is 22.9 Å². The maximum atomic E-state index is 5.52. The summed E-state index contributed by atoms with van der Waals surface area (Å²) in [5.74, 6) is 1.67. The molecule has 98 valence electrons. The van der Waals surface area contributed by atoms with Crippen LogP contribution in [-0.2, 0) is 19.6 Å². The molecule has 2 aromatic rings. The van der Waals surface area contributed by atoms with E-state index < -0.39 is 0 Å². The van der Waals surface area contributed by atoms with Gasteiger partial charge < -0.3 is 14.3 Å². The van der Waals surface area contributed by atoms with E-state index in [1.165, 1.54) is 5.56 Å². The zero-order chi connectivity index (χ0) is 13.0. The summed E-state index contributed by atoms with van der Waals surface area (Å²) in [5, 5.41) is 3.34. The maximum Gasteiger partial charge on any atom is 0.208 e. The second-order valence-electron chi connectivity index (χ2n) is 4.61. The Morgan fingerprint density at radius 2 is 2.17 bits per heavy atom. The minimum atomic E-state index is 0.674. The quantitative estimate of drug-likeness (QED) is 0.853. The Morgan fingerprint density at radius 3 is 2.83 bits per heavy atom. The Hall–Kier alpha value is -1.55. The van der Waals surface area contributed by atoms with E-state index in [2.05, 4.69) is 40.3 Å². The lowest BCUT2D eigenvalue weighted by molar-refractivity contribution is 0.448. The van der Waals surface area contributed by atoms with Gasteiger partial charge in [-0.1, -0.05) is 6.92 Å². The molecule has 0 atom stereocenters. The number of hydrogen-bond acceptors (Lipinski definition) is 3. The number of aromatic nitrogens is 2. The molecule has 2 aromatic heterocycles. The predicted molar refractivity (Wildman–Crippen MR) is 71.2 cm³/mol. The van der Waals surface area contributed by atoms with Crippen LogP contribution >= 0.6 is 0 Å². The van der Waals surface area contributed by atoms with E-state index in [0.717, 1.165) is 36.9 Å². The van der Waals surface area contributed by atoms with Crippen LogP contribution in [0.25, 0.3) is 0 Å². The third kappa shape index (κ3) is 3.23. The second-order valence-corrected chi connectivity index (χ2v) is 4.61. The van der Waals surface area contributed by atoms with E-state index >= 15 is 0 Å². The first-order valence-corrected chi connectivity index (χ1v) is 6.47. The Kier molecular flexibility index (Phi) is 4.20. The molecule has 4 nitrogen and oxygen atoms in total. The van der Waals surface area contributed by atoms with Crippen LogP contribution in [0.2, 0.25) is 0 Å². The van der Waals surface area contributed by atoms with Gasteiger partial charge in [0.2, 0.25) is 5.89 Å². The van der Waals surface area contributed by atoms with Gasteiger partial charge in [-0.2, -0.15) is 0 Å². The Bertz CT molecular complexity index is 479. The molecule has 18 heavy (non-hydrogen) atoms. The van der Waals surface area contributed by atoms with E-state index in [-0.39, 0.29) is 0 Å². The number of nitrogens with zero attached hydrogens (tertiary/aromatic N) is 2. The normalized spacial score (nSPS) is 11.1. The first-order valence-electron chi connectivity index (χ1n) is 6.47. The molecule has 0 fully saturated rings. The molecular weight excluding hydrogens is 226 g/mol. The summed E-state index contributed by atoms with van der Waals surface area (Å²) in [4.78, 5) is 4.34. The summed E-state index contributed by atoms with van der Waals surface area (Å²) in [6.07, 6.45) is 5.47. The molecule has 4 heteroatoms. The SMILES string of the molecule is CCCn1ccc(CNCc2nc(C)c(C)o2)c1. The summed E-state index contributed by atoms with van der Waals surface area (Å²) >= 11 is 0. The monoisotopic (exact) mass is 247 g/mol. The van der Waals surface area contributed by atoms with E-state index in [4.69, 9.17) is 4.42 Å². The number of rotatable bonds is 6. The highest BCUT2D eigenvalue weighted by Crippen LogP contribution is 2.08. The van der Waals surface area contributed by atoms with Crippen molar-refractivity contribution in [1.29, 1.82) is 0 Å². The van der Waals surface area contributed by atoms with Gasteiger partial charge in [0.25, 0.3) is 0 Å². The maximum absolute atomic E-state index is 5.52. The van der Waals surface area contributed by atoms with E-state index in [1.54, 1.807) is 0 Å². The number of hydrogen-bond donors (Lipinski definition) is 1. The summed E-state index contributed by atoms with van der Waals surface area (Å²) in [6, 6.07) is 2.15. The molecule has 0 aliphatic rings. The van der Waals surface area contributed by atoms with Crippen LogP contribution in [0.5, 0.6) is 0 Å². The van der Waals surface area contributed by atoms with Crippen LogP contribution in [0.1, 0.15) is 36.3 Å². The molecule has 0 amide bonds. The zero-order valence-corrected chi connectivity index (χ0v) is 11.4. The summed E-state index contributed by atoms with van der Waals surface area (Å²) < 4.78 is 7.74. The molecule has 2 rings (SSSR count). The lowest BCUT2D eigenvalue weighted by Crippen LogP contribution is -2.12. The van der Waals surface area contributed by atoms with Gasteiger partial charge in [0, 0.05) is 25.5 Å². The number of nitrogens with one attached hydrogen (secondary N) is 1. The van der Waals surface area contributed by atoms with Crippen LogP contribution < -0.4 is 5.32 Å². The molecule has 0 saturated heterocycles. The van der Waals surface area contributed by atoms with Gasteiger partial charge in [-0.3, -0.25) is 0 Å². The molecular formula is C14H21N3O. The highest BCUT2D eigenvalue weighted by atomic mass is 16.4. The molecule has 0 aliphatic heterocycles. The third-order valence-corrected chi connectivity index (χ3v) is 2.97. The van der Waals surface area contributed by atoms with Crippen molar-refractivity contribution >= 4 is 0 Å². The Balaban J connectivity index is 1.80. The van der Waals surface area contributed by atoms with Crippen molar-refractivity contribution in [3.63, 3.8) is 0 Å². The zero-order valence-electron chi connectivity index (χ0n) is 11.4. The van der Waals surface area contributed by atoms with Crippen molar-refractivity contribution in [2.24, 2.45) is 0 Å². The van der Waals surface area contributed by atoms with E-state index in [9.17, 15) is 0 Å². The Morgan fingerprint density at radius 1 is 1.33 bits per heavy atom. The summed E-state index contributed by atoms with van der Waals surface area (Å²) in [5.41, 5.74) is 2.27. The van der Waals surface area contributed by atoms with Gasteiger partial charge in [0.05, 0.1) is 12.2 Å². The average Bonchev–Trinajstić information content (AvgIpc) is 2.88. The molecule has 0 aromatic carbocycles. The van der Waals surface area contributed by atoms with Crippen LogP contribution in [0.4, 0.5) is 0 Å². The van der Waals surface area contributed by atoms with Crippen molar-refractivity contribution in [3.05, 3.63) is 41.4 Å². The van der Waals surface area contributed by atoms with Crippen molar-refractivity contribution < 1.29 is 4.42 Å². The first-order chi connectivity index (χ1) is 8.69. The fourth-order valence-corrected chi connectivity index (χ4v) is 1.92. The van der Waals surface area contributed by atoms with Crippen LogP contribution in [0, 0.1) is 13.8 Å². The van der Waals surface area contributed by atoms with Crippen LogP contribution in [-0.4, -0.2) is 9.55 Å². The molecule has 0 saturated carbocycles. The lowest BCUT2D eigenvalue weighted by Gasteiger charge is -2.00.